The fourth-order valence-corrected chi connectivity index (χ4v) is 0.825. The number of hydrogen-bond donors (Lipinski definition) is 3. The Balaban J connectivity index is 0. The van der Waals surface area contributed by atoms with Gasteiger partial charge in [-0.3, -0.25) is 0 Å². The van der Waals surface area contributed by atoms with E-state index >= 15 is 0 Å². The lowest BCUT2D eigenvalue weighted by Crippen LogP contribution is -3.11. The Morgan fingerprint density at radius 1 is 1.36 bits per heavy atom. The van der Waals surface area contributed by atoms with E-state index < -0.39 is 18.6 Å². The Bertz CT molecular complexity index is 133. The van der Waals surface area contributed by atoms with Crippen molar-refractivity contribution in [2.75, 3.05) is 26.2 Å². The smallest absolute Gasteiger partial charge is 0.0742 e. The molecule has 5 nitrogen and oxygen atoms in total. The van der Waals surface area contributed by atoms with Gasteiger partial charge in [0.05, 0.1) is 38.3 Å². The van der Waals surface area contributed by atoms with Crippen LogP contribution in [0.3, 0.4) is 0 Å². The lowest BCUT2D eigenvalue weighted by atomic mass is 10.3. The molecule has 86 valence electrons. The minimum atomic E-state index is -1.43. The van der Waals surface area contributed by atoms with Crippen molar-refractivity contribution in [3.05, 3.63) is 0 Å². The highest BCUT2D eigenvalue weighted by Gasteiger charge is 1.96. The topological polar surface area (TPSA) is 90.8 Å². The molecule has 0 saturated carbocycles. The fraction of sp³-hybridized carbons (Fsp3) is 0.889. The first-order chi connectivity index (χ1) is 6.53. The van der Waals surface area contributed by atoms with Gasteiger partial charge < -0.3 is 25.6 Å². The summed E-state index contributed by atoms with van der Waals surface area (Å²) in [7, 11) is 0. The van der Waals surface area contributed by atoms with E-state index in [1.165, 1.54) is 19.6 Å². The van der Waals surface area contributed by atoms with Gasteiger partial charge in [0.25, 0.3) is 0 Å². The summed E-state index contributed by atoms with van der Waals surface area (Å²) in [5, 5.41) is 17.5. The molecule has 0 aliphatic rings. The van der Waals surface area contributed by atoms with E-state index in [0.29, 0.717) is 0 Å². The van der Waals surface area contributed by atoms with Crippen LogP contribution >= 0.6 is 0 Å². The SMILES string of the molecule is CC[NH+](CC)CC.N[C@@H](CO)C(=O)[O-]. The summed E-state index contributed by atoms with van der Waals surface area (Å²) in [5.41, 5.74) is 4.70. The van der Waals surface area contributed by atoms with Crippen molar-refractivity contribution in [3.63, 3.8) is 0 Å². The van der Waals surface area contributed by atoms with Gasteiger partial charge in [-0.25, -0.2) is 0 Å². The maximum absolute atomic E-state index is 9.53. The predicted octanol–water partition coefficient (Wildman–Crippen LogP) is -3.01. The van der Waals surface area contributed by atoms with Crippen LogP contribution in [0.5, 0.6) is 0 Å². The molecule has 14 heavy (non-hydrogen) atoms. The number of nitrogens with one attached hydrogen (secondary N) is 1. The van der Waals surface area contributed by atoms with Crippen LogP contribution in [0.15, 0.2) is 0 Å². The Morgan fingerprint density at radius 3 is 1.71 bits per heavy atom. The van der Waals surface area contributed by atoms with Crippen LogP contribution in [0.2, 0.25) is 0 Å². The minimum Gasteiger partial charge on any atom is -0.548 e. The molecule has 0 heterocycles. The number of hydrogen-bond acceptors (Lipinski definition) is 4. The molecule has 0 rings (SSSR count). The van der Waals surface area contributed by atoms with E-state index in [1.807, 2.05) is 0 Å². The van der Waals surface area contributed by atoms with Crippen molar-refractivity contribution >= 4 is 5.97 Å². The molecule has 0 saturated heterocycles. The number of nitrogens with two attached hydrogens (primary N) is 1. The number of carboxylic acid groups (broad SMARTS) is 1. The number of aliphatic hydroxyl groups excluding tert-OH is 1. The summed E-state index contributed by atoms with van der Waals surface area (Å²) < 4.78 is 0. The second-order valence-corrected chi connectivity index (χ2v) is 2.92. The molecule has 0 aliphatic carbocycles. The Labute approximate surface area is 85.5 Å². The average Bonchev–Trinajstić information content (AvgIpc) is 2.20. The van der Waals surface area contributed by atoms with Gasteiger partial charge in [-0.2, -0.15) is 0 Å². The lowest BCUT2D eigenvalue weighted by molar-refractivity contribution is -0.894. The van der Waals surface area contributed by atoms with Crippen molar-refractivity contribution in [1.29, 1.82) is 0 Å². The van der Waals surface area contributed by atoms with Crippen LogP contribution in [0.4, 0.5) is 0 Å². The van der Waals surface area contributed by atoms with E-state index in [1.54, 1.807) is 4.90 Å². The van der Waals surface area contributed by atoms with Crippen LogP contribution in [0.25, 0.3) is 0 Å². The second-order valence-electron chi connectivity index (χ2n) is 2.92. The molecule has 0 aromatic rings. The molecule has 0 aromatic carbocycles. The zero-order valence-electron chi connectivity index (χ0n) is 9.25. The maximum Gasteiger partial charge on any atom is 0.0742 e. The van der Waals surface area contributed by atoms with Crippen LogP contribution in [0, 0.1) is 0 Å². The molecule has 0 bridgehead atoms. The average molecular weight is 206 g/mol. The molecule has 4 N–H and O–H groups in total. The van der Waals surface area contributed by atoms with Gasteiger partial charge in [-0.1, -0.05) is 0 Å². The third-order valence-electron chi connectivity index (χ3n) is 2.00. The summed E-state index contributed by atoms with van der Waals surface area (Å²) in [6, 6.07) is -1.24. The quantitative estimate of drug-likeness (QED) is 0.447. The normalized spacial score (nSPS) is 11.9. The van der Waals surface area contributed by atoms with Gasteiger partial charge in [-0.15, -0.1) is 0 Å². The van der Waals surface area contributed by atoms with Gasteiger partial charge in [-0.05, 0) is 20.8 Å². The number of aliphatic hydroxyl groups is 1. The molecule has 0 spiro atoms. The van der Waals surface area contributed by atoms with Crippen LogP contribution in [-0.4, -0.2) is 43.4 Å². The zero-order valence-corrected chi connectivity index (χ0v) is 9.25. The van der Waals surface area contributed by atoms with Crippen LogP contribution in [0.1, 0.15) is 20.8 Å². The van der Waals surface area contributed by atoms with Crippen molar-refractivity contribution in [3.8, 4) is 0 Å². The highest BCUT2D eigenvalue weighted by molar-refractivity contribution is 5.70. The van der Waals surface area contributed by atoms with E-state index in [0.717, 1.165) is 0 Å². The predicted molar refractivity (Wildman–Crippen MR) is 52.7 cm³/mol. The molecule has 5 heteroatoms. The van der Waals surface area contributed by atoms with Crippen molar-refractivity contribution in [2.45, 2.75) is 26.8 Å². The molecule has 0 aliphatic heterocycles. The molecule has 0 amide bonds. The fourth-order valence-electron chi connectivity index (χ4n) is 0.825. The summed E-state index contributed by atoms with van der Waals surface area (Å²) in [4.78, 5) is 11.2. The molecular weight excluding hydrogens is 184 g/mol. The highest BCUT2D eigenvalue weighted by atomic mass is 16.4. The van der Waals surface area contributed by atoms with Gasteiger partial charge in [0.1, 0.15) is 0 Å². The first-order valence-electron chi connectivity index (χ1n) is 4.94. The number of carbonyl (C=O) groups excluding carboxylic acids is 1. The van der Waals surface area contributed by atoms with Gasteiger partial charge in [0.2, 0.25) is 0 Å². The summed E-state index contributed by atoms with van der Waals surface area (Å²) in [6.07, 6.45) is 0. The Hall–Kier alpha value is -0.650. The van der Waals surface area contributed by atoms with Crippen molar-refractivity contribution in [2.24, 2.45) is 5.73 Å². The van der Waals surface area contributed by atoms with Crippen molar-refractivity contribution < 1.29 is 19.9 Å². The Kier molecular flexibility index (Phi) is 11.8. The van der Waals surface area contributed by atoms with Crippen LogP contribution < -0.4 is 15.7 Å². The Morgan fingerprint density at radius 2 is 1.71 bits per heavy atom. The van der Waals surface area contributed by atoms with Gasteiger partial charge in [0, 0.05) is 0 Å². The van der Waals surface area contributed by atoms with Gasteiger partial charge in [0.15, 0.2) is 0 Å². The van der Waals surface area contributed by atoms with Crippen LogP contribution in [-0.2, 0) is 4.79 Å². The molecule has 0 radical (unpaired) electrons. The van der Waals surface area contributed by atoms with Gasteiger partial charge >= 0.3 is 0 Å². The monoisotopic (exact) mass is 206 g/mol. The minimum absolute atomic E-state index is 0.567. The number of quaternary nitrogens is 1. The van der Waals surface area contributed by atoms with E-state index in [2.05, 4.69) is 20.8 Å². The molecule has 0 aromatic heterocycles. The molecule has 0 unspecified atom stereocenters. The lowest BCUT2D eigenvalue weighted by Gasteiger charge is -2.10. The third kappa shape index (κ3) is 9.44. The number of carboxylic acids is 1. The third-order valence-corrected chi connectivity index (χ3v) is 2.00. The maximum atomic E-state index is 9.53. The molecular formula is C9H22N2O3. The van der Waals surface area contributed by atoms with E-state index in [4.69, 9.17) is 10.8 Å². The summed E-state index contributed by atoms with van der Waals surface area (Å²) >= 11 is 0. The largest absolute Gasteiger partial charge is 0.548 e. The number of carbonyl (C=O) groups is 1. The summed E-state index contributed by atoms with van der Waals surface area (Å²) in [5.74, 6) is -1.43. The number of rotatable bonds is 5. The van der Waals surface area contributed by atoms with E-state index in [9.17, 15) is 9.90 Å². The highest BCUT2D eigenvalue weighted by Crippen LogP contribution is 1.66. The van der Waals surface area contributed by atoms with E-state index in [-0.39, 0.29) is 0 Å². The molecule has 1 atom stereocenters. The second kappa shape index (κ2) is 10.4. The molecule has 0 fully saturated rings. The number of aliphatic carboxylic acids is 1. The first kappa shape index (κ1) is 15.8. The standard InChI is InChI=1S/C6H15N.C3H7NO3/c1-4-7(5-2)6-3;4-2(1-5)3(6)7/h4-6H2,1-3H3;2,5H,1,4H2,(H,6,7)/t;2-/m.0/s1. The zero-order chi connectivity index (χ0) is 11.6. The summed E-state index contributed by atoms with van der Waals surface area (Å²) in [6.45, 7) is 9.92. The first-order valence-corrected chi connectivity index (χ1v) is 4.94. The van der Waals surface area contributed by atoms with Crippen molar-refractivity contribution in [1.82, 2.24) is 0 Å².